The number of para-hydroxylation sites is 1. The normalized spacial score (nSPS) is 10.8. The SMILES string of the molecule is CCNc1cc(-n2ncc3ccccc32)nc(C)n1. The average Bonchev–Trinajstić information content (AvgIpc) is 2.82. The fourth-order valence-electron chi connectivity index (χ4n) is 2.09. The van der Waals surface area contributed by atoms with Crippen LogP contribution >= 0.6 is 0 Å². The molecule has 0 aliphatic heterocycles. The van der Waals surface area contributed by atoms with Crippen LogP contribution in [0.2, 0.25) is 0 Å². The van der Waals surface area contributed by atoms with Crippen LogP contribution in [0.1, 0.15) is 12.7 Å². The van der Waals surface area contributed by atoms with Gasteiger partial charge >= 0.3 is 0 Å². The van der Waals surface area contributed by atoms with Crippen molar-refractivity contribution >= 4 is 16.7 Å². The smallest absolute Gasteiger partial charge is 0.159 e. The first-order valence-corrected chi connectivity index (χ1v) is 6.30. The minimum atomic E-state index is 0.730. The standard InChI is InChI=1S/C14H15N5/c1-3-15-13-8-14(18-10(2)17-13)19-12-7-5-4-6-11(12)9-16-19/h4-9H,3H2,1-2H3,(H,15,17,18). The number of anilines is 1. The Balaban J connectivity index is 2.15. The van der Waals surface area contributed by atoms with E-state index in [4.69, 9.17) is 0 Å². The predicted molar refractivity (Wildman–Crippen MR) is 75.6 cm³/mol. The number of fused-ring (bicyclic) bond motifs is 1. The molecule has 3 aromatic rings. The van der Waals surface area contributed by atoms with Crippen LogP contribution in [0, 0.1) is 6.92 Å². The van der Waals surface area contributed by atoms with Crippen LogP contribution in [-0.4, -0.2) is 26.3 Å². The predicted octanol–water partition coefficient (Wildman–Crippen LogP) is 2.56. The van der Waals surface area contributed by atoms with E-state index in [0.717, 1.165) is 34.9 Å². The quantitative estimate of drug-likeness (QED) is 0.779. The minimum absolute atomic E-state index is 0.730. The Kier molecular flexibility index (Phi) is 2.87. The minimum Gasteiger partial charge on any atom is -0.370 e. The summed E-state index contributed by atoms with van der Waals surface area (Å²) < 4.78 is 1.84. The van der Waals surface area contributed by atoms with Crippen molar-refractivity contribution in [3.05, 3.63) is 42.4 Å². The molecule has 0 radical (unpaired) electrons. The van der Waals surface area contributed by atoms with E-state index in [1.54, 1.807) is 0 Å². The fourth-order valence-corrected chi connectivity index (χ4v) is 2.09. The Hall–Kier alpha value is -2.43. The lowest BCUT2D eigenvalue weighted by Gasteiger charge is -2.07. The van der Waals surface area contributed by atoms with Gasteiger partial charge in [-0.15, -0.1) is 0 Å². The van der Waals surface area contributed by atoms with Crippen molar-refractivity contribution in [1.82, 2.24) is 19.7 Å². The van der Waals surface area contributed by atoms with Gasteiger partial charge in [0.2, 0.25) is 0 Å². The lowest BCUT2D eigenvalue weighted by molar-refractivity contribution is 0.852. The fraction of sp³-hybridized carbons (Fsp3) is 0.214. The summed E-state index contributed by atoms with van der Waals surface area (Å²) in [5, 5.41) is 8.71. The summed E-state index contributed by atoms with van der Waals surface area (Å²) in [6.45, 7) is 4.76. The summed E-state index contributed by atoms with van der Waals surface area (Å²) in [6.07, 6.45) is 1.85. The van der Waals surface area contributed by atoms with E-state index >= 15 is 0 Å². The van der Waals surface area contributed by atoms with E-state index in [0.29, 0.717) is 0 Å². The van der Waals surface area contributed by atoms with E-state index < -0.39 is 0 Å². The summed E-state index contributed by atoms with van der Waals surface area (Å²) >= 11 is 0. The third-order valence-corrected chi connectivity index (χ3v) is 2.88. The summed E-state index contributed by atoms with van der Waals surface area (Å²) in [6, 6.07) is 9.99. The van der Waals surface area contributed by atoms with Gasteiger partial charge in [-0.05, 0) is 19.9 Å². The Morgan fingerprint density at radius 1 is 1.21 bits per heavy atom. The second kappa shape index (κ2) is 4.68. The number of nitrogens with one attached hydrogen (secondary N) is 1. The Morgan fingerprint density at radius 3 is 2.89 bits per heavy atom. The Labute approximate surface area is 111 Å². The van der Waals surface area contributed by atoms with Gasteiger partial charge in [-0.25, -0.2) is 14.6 Å². The lowest BCUT2D eigenvalue weighted by atomic mass is 10.2. The highest BCUT2D eigenvalue weighted by Gasteiger charge is 2.07. The lowest BCUT2D eigenvalue weighted by Crippen LogP contribution is -2.06. The molecule has 96 valence electrons. The molecule has 5 nitrogen and oxygen atoms in total. The number of hydrogen-bond donors (Lipinski definition) is 1. The molecule has 0 unspecified atom stereocenters. The van der Waals surface area contributed by atoms with Crippen molar-refractivity contribution in [2.45, 2.75) is 13.8 Å². The first-order valence-electron chi connectivity index (χ1n) is 6.30. The van der Waals surface area contributed by atoms with Crippen LogP contribution in [0.4, 0.5) is 5.82 Å². The maximum Gasteiger partial charge on any atom is 0.159 e. The third kappa shape index (κ3) is 2.14. The van der Waals surface area contributed by atoms with Crippen molar-refractivity contribution in [3.8, 4) is 5.82 Å². The Bertz CT molecular complexity index is 717. The van der Waals surface area contributed by atoms with Crippen LogP contribution in [0.3, 0.4) is 0 Å². The maximum atomic E-state index is 4.46. The molecular weight excluding hydrogens is 238 g/mol. The summed E-state index contributed by atoms with van der Waals surface area (Å²) in [7, 11) is 0. The average molecular weight is 253 g/mol. The number of hydrogen-bond acceptors (Lipinski definition) is 4. The van der Waals surface area contributed by atoms with Gasteiger partial charge in [0, 0.05) is 18.0 Å². The summed E-state index contributed by atoms with van der Waals surface area (Å²) in [5.41, 5.74) is 1.04. The zero-order valence-corrected chi connectivity index (χ0v) is 11.0. The van der Waals surface area contributed by atoms with E-state index in [2.05, 4.69) is 20.4 Å². The maximum absolute atomic E-state index is 4.46. The van der Waals surface area contributed by atoms with Gasteiger partial charge < -0.3 is 5.32 Å². The second-order valence-electron chi connectivity index (χ2n) is 4.30. The Morgan fingerprint density at radius 2 is 2.05 bits per heavy atom. The van der Waals surface area contributed by atoms with Crippen molar-refractivity contribution in [2.75, 3.05) is 11.9 Å². The number of nitrogens with zero attached hydrogens (tertiary/aromatic N) is 4. The largest absolute Gasteiger partial charge is 0.370 e. The number of aromatic nitrogens is 4. The highest BCUT2D eigenvalue weighted by Crippen LogP contribution is 2.18. The first-order chi connectivity index (χ1) is 9.28. The monoisotopic (exact) mass is 253 g/mol. The van der Waals surface area contributed by atoms with Crippen molar-refractivity contribution in [1.29, 1.82) is 0 Å². The molecule has 2 heterocycles. The van der Waals surface area contributed by atoms with Crippen molar-refractivity contribution in [2.24, 2.45) is 0 Å². The van der Waals surface area contributed by atoms with E-state index in [9.17, 15) is 0 Å². The number of rotatable bonds is 3. The molecule has 19 heavy (non-hydrogen) atoms. The van der Waals surface area contributed by atoms with Gasteiger partial charge in [0.05, 0.1) is 11.7 Å². The molecule has 0 bridgehead atoms. The summed E-state index contributed by atoms with van der Waals surface area (Å²) in [4.78, 5) is 8.81. The molecule has 1 N–H and O–H groups in total. The molecule has 3 rings (SSSR count). The molecule has 0 saturated heterocycles. The van der Waals surface area contributed by atoms with Crippen LogP contribution in [0.15, 0.2) is 36.5 Å². The number of aryl methyl sites for hydroxylation is 1. The van der Waals surface area contributed by atoms with Gasteiger partial charge in [-0.1, -0.05) is 18.2 Å². The highest BCUT2D eigenvalue weighted by molar-refractivity contribution is 5.79. The van der Waals surface area contributed by atoms with E-state index in [1.807, 2.05) is 55.1 Å². The zero-order valence-electron chi connectivity index (χ0n) is 11.0. The highest BCUT2D eigenvalue weighted by atomic mass is 15.3. The molecule has 0 aliphatic carbocycles. The van der Waals surface area contributed by atoms with Gasteiger partial charge in [0.25, 0.3) is 0 Å². The second-order valence-corrected chi connectivity index (χ2v) is 4.30. The summed E-state index contributed by atoms with van der Waals surface area (Å²) in [5.74, 6) is 2.34. The topological polar surface area (TPSA) is 55.6 Å². The van der Waals surface area contributed by atoms with Crippen LogP contribution < -0.4 is 5.32 Å². The molecular formula is C14H15N5. The van der Waals surface area contributed by atoms with Crippen molar-refractivity contribution in [3.63, 3.8) is 0 Å². The third-order valence-electron chi connectivity index (χ3n) is 2.88. The van der Waals surface area contributed by atoms with Crippen molar-refractivity contribution < 1.29 is 0 Å². The molecule has 2 aromatic heterocycles. The molecule has 0 saturated carbocycles. The molecule has 0 atom stereocenters. The molecule has 0 spiro atoms. The van der Waals surface area contributed by atoms with E-state index in [1.165, 1.54) is 0 Å². The molecule has 0 aliphatic rings. The van der Waals surface area contributed by atoms with Gasteiger partial charge in [-0.2, -0.15) is 5.10 Å². The van der Waals surface area contributed by atoms with Gasteiger partial charge in [-0.3, -0.25) is 0 Å². The first kappa shape index (κ1) is 11.6. The van der Waals surface area contributed by atoms with Crippen LogP contribution in [0.25, 0.3) is 16.7 Å². The van der Waals surface area contributed by atoms with Gasteiger partial charge in [0.15, 0.2) is 5.82 Å². The van der Waals surface area contributed by atoms with Crippen LogP contribution in [-0.2, 0) is 0 Å². The number of benzene rings is 1. The zero-order chi connectivity index (χ0) is 13.2. The molecule has 1 aromatic carbocycles. The molecule has 0 amide bonds. The molecule has 5 heteroatoms. The molecule has 0 fully saturated rings. The van der Waals surface area contributed by atoms with Crippen LogP contribution in [0.5, 0.6) is 0 Å². The van der Waals surface area contributed by atoms with E-state index in [-0.39, 0.29) is 0 Å². The van der Waals surface area contributed by atoms with Gasteiger partial charge in [0.1, 0.15) is 11.6 Å².